The van der Waals surface area contributed by atoms with Gasteiger partial charge in [0.2, 0.25) is 0 Å². The molecule has 0 amide bonds. The number of nitrogens with zero attached hydrogens (tertiary/aromatic N) is 2. The fraction of sp³-hybridized carbons (Fsp3) is 0.607. The molecule has 0 radical (unpaired) electrons. The van der Waals surface area contributed by atoms with Crippen molar-refractivity contribution < 1.29 is 14.3 Å². The lowest BCUT2D eigenvalue weighted by Crippen LogP contribution is -2.16. The molecule has 1 aliphatic rings. The van der Waals surface area contributed by atoms with Gasteiger partial charge in [-0.25, -0.2) is 14.8 Å². The van der Waals surface area contributed by atoms with E-state index in [9.17, 15) is 4.79 Å². The molecule has 33 heavy (non-hydrogen) atoms. The molecule has 5 heteroatoms. The second-order valence-corrected chi connectivity index (χ2v) is 9.26. The molecule has 1 aromatic carbocycles. The van der Waals surface area contributed by atoms with Gasteiger partial charge in [-0.2, -0.15) is 0 Å². The van der Waals surface area contributed by atoms with Crippen LogP contribution in [0.1, 0.15) is 95.7 Å². The Kier molecular flexibility index (Phi) is 10.7. The number of carbonyl (C=O) groups is 1. The number of hydrogen-bond acceptors (Lipinski definition) is 5. The van der Waals surface area contributed by atoms with Gasteiger partial charge < -0.3 is 9.47 Å². The Morgan fingerprint density at radius 2 is 1.70 bits per heavy atom. The maximum atomic E-state index is 11.8. The van der Waals surface area contributed by atoms with E-state index in [-0.39, 0.29) is 0 Å². The van der Waals surface area contributed by atoms with Crippen LogP contribution in [0, 0.1) is 5.92 Å². The van der Waals surface area contributed by atoms with E-state index in [1.165, 1.54) is 62.6 Å². The number of aromatic nitrogens is 2. The number of fused-ring (bicyclic) bond motifs is 1. The second kappa shape index (κ2) is 14.0. The number of ether oxygens (including phenoxy) is 2. The summed E-state index contributed by atoms with van der Waals surface area (Å²) < 4.78 is 10.3. The van der Waals surface area contributed by atoms with Gasteiger partial charge in [0, 0.05) is 17.5 Å². The molecule has 180 valence electrons. The Hall–Kier alpha value is -2.43. The minimum atomic E-state index is -0.653. The monoisotopic (exact) mass is 452 g/mol. The lowest BCUT2D eigenvalue weighted by Gasteiger charge is -2.24. The van der Waals surface area contributed by atoms with Crippen molar-refractivity contribution >= 4 is 6.16 Å². The lowest BCUT2D eigenvalue weighted by atomic mass is 9.84. The van der Waals surface area contributed by atoms with Crippen molar-refractivity contribution in [2.45, 2.75) is 97.3 Å². The van der Waals surface area contributed by atoms with Gasteiger partial charge in [-0.05, 0) is 61.4 Å². The van der Waals surface area contributed by atoms with Crippen LogP contribution >= 0.6 is 0 Å². The Bertz CT molecular complexity index is 851. The van der Waals surface area contributed by atoms with E-state index in [1.54, 1.807) is 12.1 Å². The molecule has 1 atom stereocenters. The summed E-state index contributed by atoms with van der Waals surface area (Å²) in [4.78, 5) is 21.3. The zero-order valence-corrected chi connectivity index (χ0v) is 20.5. The van der Waals surface area contributed by atoms with Crippen molar-refractivity contribution in [1.82, 2.24) is 9.97 Å². The van der Waals surface area contributed by atoms with Gasteiger partial charge in [0.1, 0.15) is 5.75 Å². The molecule has 1 aliphatic carbocycles. The molecule has 1 heterocycles. The molecule has 1 unspecified atom stereocenters. The maximum Gasteiger partial charge on any atom is 0.513 e. The number of aryl methyl sites for hydroxylation is 1. The van der Waals surface area contributed by atoms with E-state index < -0.39 is 6.16 Å². The Labute approximate surface area is 199 Å². The largest absolute Gasteiger partial charge is 0.513 e. The molecular weight excluding hydrogens is 412 g/mol. The summed E-state index contributed by atoms with van der Waals surface area (Å²) in [5, 5.41) is 0. The first kappa shape index (κ1) is 25.2. The van der Waals surface area contributed by atoms with Crippen molar-refractivity contribution in [3.05, 3.63) is 41.7 Å². The van der Waals surface area contributed by atoms with E-state index >= 15 is 0 Å². The number of unbranched alkanes of at least 4 members (excludes halogenated alkanes) is 7. The predicted molar refractivity (Wildman–Crippen MR) is 132 cm³/mol. The molecule has 3 rings (SSSR count). The molecule has 0 saturated heterocycles. The Morgan fingerprint density at radius 3 is 2.48 bits per heavy atom. The molecule has 1 aromatic heterocycles. The zero-order valence-electron chi connectivity index (χ0n) is 20.5. The highest BCUT2D eigenvalue weighted by Crippen LogP contribution is 2.29. The third kappa shape index (κ3) is 8.45. The lowest BCUT2D eigenvalue weighted by molar-refractivity contribution is 0.0974. The highest BCUT2D eigenvalue weighted by molar-refractivity contribution is 5.65. The van der Waals surface area contributed by atoms with E-state index in [0.717, 1.165) is 49.4 Å². The van der Waals surface area contributed by atoms with Crippen molar-refractivity contribution in [2.24, 2.45) is 5.92 Å². The van der Waals surface area contributed by atoms with Crippen molar-refractivity contribution in [2.75, 3.05) is 6.61 Å². The van der Waals surface area contributed by atoms with Gasteiger partial charge in [-0.3, -0.25) is 0 Å². The van der Waals surface area contributed by atoms with E-state index in [0.29, 0.717) is 12.4 Å². The van der Waals surface area contributed by atoms with Gasteiger partial charge in [0.15, 0.2) is 5.82 Å². The van der Waals surface area contributed by atoms with Gasteiger partial charge in [0.05, 0.1) is 6.61 Å². The highest BCUT2D eigenvalue weighted by atomic mass is 16.7. The standard InChI is InChI=1S/C28H40N2O3/c1-3-5-7-8-9-10-12-22-13-18-26-24(20-22)21-29-27(30-26)23-14-16-25(17-15-23)33-28(31)32-19-11-6-4-2/h14-17,21-22H,3-13,18-20H2,1-2H3. The van der Waals surface area contributed by atoms with Crippen molar-refractivity contribution in [3.63, 3.8) is 0 Å². The van der Waals surface area contributed by atoms with Gasteiger partial charge in [-0.15, -0.1) is 0 Å². The fourth-order valence-corrected chi connectivity index (χ4v) is 4.49. The summed E-state index contributed by atoms with van der Waals surface area (Å²) >= 11 is 0. The molecule has 0 saturated carbocycles. The molecule has 0 N–H and O–H groups in total. The molecule has 0 spiro atoms. The van der Waals surface area contributed by atoms with Gasteiger partial charge >= 0.3 is 6.16 Å². The topological polar surface area (TPSA) is 61.3 Å². The summed E-state index contributed by atoms with van der Waals surface area (Å²) in [7, 11) is 0. The average Bonchev–Trinajstić information content (AvgIpc) is 2.84. The van der Waals surface area contributed by atoms with E-state index in [4.69, 9.17) is 14.5 Å². The first-order valence-corrected chi connectivity index (χ1v) is 13.0. The minimum Gasteiger partial charge on any atom is -0.434 e. The van der Waals surface area contributed by atoms with Crippen LogP contribution in [0.2, 0.25) is 0 Å². The van der Waals surface area contributed by atoms with Crippen LogP contribution in [0.3, 0.4) is 0 Å². The highest BCUT2D eigenvalue weighted by Gasteiger charge is 2.20. The van der Waals surface area contributed by atoms with Crippen LogP contribution < -0.4 is 4.74 Å². The van der Waals surface area contributed by atoms with Gasteiger partial charge in [0.25, 0.3) is 0 Å². The van der Waals surface area contributed by atoms with Crippen LogP contribution in [0.5, 0.6) is 5.75 Å². The summed E-state index contributed by atoms with van der Waals surface area (Å²) in [6.07, 6.45) is 17.2. The summed E-state index contributed by atoms with van der Waals surface area (Å²) in [5.74, 6) is 1.97. The van der Waals surface area contributed by atoms with Crippen LogP contribution in [0.15, 0.2) is 30.5 Å². The average molecular weight is 453 g/mol. The van der Waals surface area contributed by atoms with Crippen molar-refractivity contribution in [1.29, 1.82) is 0 Å². The third-order valence-electron chi connectivity index (χ3n) is 6.50. The molecule has 2 aromatic rings. The van der Waals surface area contributed by atoms with Crippen LogP contribution in [0.25, 0.3) is 11.4 Å². The molecule has 0 bridgehead atoms. The number of benzene rings is 1. The summed E-state index contributed by atoms with van der Waals surface area (Å²) in [6.45, 7) is 4.78. The van der Waals surface area contributed by atoms with Crippen molar-refractivity contribution in [3.8, 4) is 17.1 Å². The van der Waals surface area contributed by atoms with Crippen LogP contribution in [-0.2, 0) is 17.6 Å². The van der Waals surface area contributed by atoms with E-state index in [1.807, 2.05) is 18.3 Å². The first-order valence-electron chi connectivity index (χ1n) is 13.0. The van der Waals surface area contributed by atoms with Crippen LogP contribution in [0.4, 0.5) is 4.79 Å². The number of rotatable bonds is 13. The summed E-state index contributed by atoms with van der Waals surface area (Å²) in [6, 6.07) is 7.32. The van der Waals surface area contributed by atoms with Crippen LogP contribution in [-0.4, -0.2) is 22.7 Å². The number of carbonyl (C=O) groups excluding carboxylic acids is 1. The summed E-state index contributed by atoms with van der Waals surface area (Å²) in [5.41, 5.74) is 3.43. The molecule has 0 fully saturated rings. The Balaban J connectivity index is 1.47. The third-order valence-corrected chi connectivity index (χ3v) is 6.50. The number of hydrogen-bond donors (Lipinski definition) is 0. The zero-order chi connectivity index (χ0) is 23.3. The first-order chi connectivity index (χ1) is 16.2. The Morgan fingerprint density at radius 1 is 0.970 bits per heavy atom. The molecule has 5 nitrogen and oxygen atoms in total. The minimum absolute atomic E-state index is 0.396. The molecular formula is C28H40N2O3. The molecule has 0 aliphatic heterocycles. The quantitative estimate of drug-likeness (QED) is 0.177. The van der Waals surface area contributed by atoms with E-state index in [2.05, 4.69) is 18.8 Å². The smallest absolute Gasteiger partial charge is 0.434 e. The SMILES string of the molecule is CCCCCCCCC1CCc2nc(-c3ccc(OC(=O)OCCCCC)cc3)ncc2C1. The second-order valence-electron chi connectivity index (χ2n) is 9.26. The fourth-order valence-electron chi connectivity index (χ4n) is 4.49. The predicted octanol–water partition coefficient (Wildman–Crippen LogP) is 7.70. The normalized spacial score (nSPS) is 15.2. The maximum absolute atomic E-state index is 11.8. The van der Waals surface area contributed by atoms with Gasteiger partial charge in [-0.1, -0.05) is 71.6 Å².